The van der Waals surface area contributed by atoms with Crippen LogP contribution in [0, 0.1) is 19.8 Å². The van der Waals surface area contributed by atoms with Gasteiger partial charge in [-0.25, -0.2) is 0 Å². The number of hydrogen-bond donors (Lipinski definition) is 0. The van der Waals surface area contributed by atoms with Crippen molar-refractivity contribution in [1.82, 2.24) is 0 Å². The zero-order valence-corrected chi connectivity index (χ0v) is 13.3. The largest absolute Gasteiger partial charge is 0.0925 e. The third kappa shape index (κ3) is 4.50. The summed E-state index contributed by atoms with van der Waals surface area (Å²) in [6, 6.07) is 17.8. The lowest BCUT2D eigenvalue weighted by molar-refractivity contribution is 0.591. The van der Waals surface area contributed by atoms with Crippen molar-refractivity contribution in [2.24, 2.45) is 5.92 Å². The minimum Gasteiger partial charge on any atom is -0.0925 e. The zero-order chi connectivity index (χ0) is 13.7. The Labute approximate surface area is 125 Å². The third-order valence-corrected chi connectivity index (χ3v) is 4.42. The number of aryl methyl sites for hydroxylation is 2. The van der Waals surface area contributed by atoms with Gasteiger partial charge in [0.05, 0.1) is 0 Å². The number of alkyl halides is 1. The van der Waals surface area contributed by atoms with Crippen molar-refractivity contribution in [2.45, 2.75) is 26.7 Å². The van der Waals surface area contributed by atoms with Gasteiger partial charge in [-0.3, -0.25) is 0 Å². The number of benzene rings is 2. The minimum atomic E-state index is 0.658. The van der Waals surface area contributed by atoms with E-state index in [0.717, 1.165) is 18.2 Å². The Hall–Kier alpha value is -1.08. The lowest BCUT2D eigenvalue weighted by Crippen LogP contribution is -2.10. The lowest BCUT2D eigenvalue weighted by atomic mass is 9.93. The summed E-state index contributed by atoms with van der Waals surface area (Å²) in [7, 11) is 0. The van der Waals surface area contributed by atoms with Gasteiger partial charge in [0, 0.05) is 5.33 Å². The van der Waals surface area contributed by atoms with Crippen LogP contribution in [0.1, 0.15) is 22.3 Å². The highest BCUT2D eigenvalue weighted by Gasteiger charge is 2.09. The average Bonchev–Trinajstić information content (AvgIpc) is 2.43. The van der Waals surface area contributed by atoms with Crippen LogP contribution in [0.5, 0.6) is 0 Å². The van der Waals surface area contributed by atoms with Gasteiger partial charge < -0.3 is 0 Å². The molecule has 0 N–H and O–H groups in total. The molecule has 2 aromatic carbocycles. The molecular formula is C18H21Br. The summed E-state index contributed by atoms with van der Waals surface area (Å²) in [6.07, 6.45) is 2.28. The first kappa shape index (κ1) is 14.3. The molecule has 0 aliphatic rings. The number of hydrogen-bond acceptors (Lipinski definition) is 0. The van der Waals surface area contributed by atoms with Crippen LogP contribution in [0.25, 0.3) is 0 Å². The van der Waals surface area contributed by atoms with Crippen molar-refractivity contribution in [3.8, 4) is 0 Å². The minimum absolute atomic E-state index is 0.658. The highest BCUT2D eigenvalue weighted by Crippen LogP contribution is 2.18. The summed E-state index contributed by atoms with van der Waals surface area (Å²) < 4.78 is 0. The molecule has 100 valence electrons. The van der Waals surface area contributed by atoms with Crippen LogP contribution in [0.15, 0.2) is 48.5 Å². The molecule has 0 spiro atoms. The van der Waals surface area contributed by atoms with E-state index in [1.54, 1.807) is 0 Å². The van der Waals surface area contributed by atoms with Crippen molar-refractivity contribution in [2.75, 3.05) is 5.33 Å². The molecule has 1 heteroatoms. The molecule has 0 amide bonds. The van der Waals surface area contributed by atoms with E-state index >= 15 is 0 Å². The maximum Gasteiger partial charge on any atom is 0.00660 e. The fourth-order valence-corrected chi connectivity index (χ4v) is 2.75. The molecule has 0 unspecified atom stereocenters. The Morgan fingerprint density at radius 3 is 1.42 bits per heavy atom. The summed E-state index contributed by atoms with van der Waals surface area (Å²) >= 11 is 3.66. The maximum absolute atomic E-state index is 3.66. The third-order valence-electron chi connectivity index (χ3n) is 3.51. The monoisotopic (exact) mass is 316 g/mol. The van der Waals surface area contributed by atoms with E-state index in [2.05, 4.69) is 78.3 Å². The van der Waals surface area contributed by atoms with E-state index in [1.165, 1.54) is 22.3 Å². The smallest absolute Gasteiger partial charge is 0.00660 e. The van der Waals surface area contributed by atoms with Gasteiger partial charge in [-0.1, -0.05) is 75.6 Å². The molecule has 2 aromatic rings. The topological polar surface area (TPSA) is 0 Å². The quantitative estimate of drug-likeness (QED) is 0.673. The summed E-state index contributed by atoms with van der Waals surface area (Å²) in [5, 5.41) is 1.05. The predicted octanol–water partition coefficient (Wildman–Crippen LogP) is 5.10. The average molecular weight is 317 g/mol. The Morgan fingerprint density at radius 1 is 0.737 bits per heavy atom. The second-order valence-corrected chi connectivity index (χ2v) is 6.05. The molecule has 2 rings (SSSR count). The van der Waals surface area contributed by atoms with Gasteiger partial charge in [0.25, 0.3) is 0 Å². The molecule has 0 aromatic heterocycles. The van der Waals surface area contributed by atoms with Crippen molar-refractivity contribution >= 4 is 15.9 Å². The van der Waals surface area contributed by atoms with Crippen LogP contribution in [0.4, 0.5) is 0 Å². The molecule has 19 heavy (non-hydrogen) atoms. The van der Waals surface area contributed by atoms with Crippen molar-refractivity contribution in [1.29, 1.82) is 0 Å². The maximum atomic E-state index is 3.66. The van der Waals surface area contributed by atoms with Crippen LogP contribution in [0.2, 0.25) is 0 Å². The van der Waals surface area contributed by atoms with Gasteiger partial charge in [0.1, 0.15) is 0 Å². The van der Waals surface area contributed by atoms with E-state index in [4.69, 9.17) is 0 Å². The predicted molar refractivity (Wildman–Crippen MR) is 87.1 cm³/mol. The Balaban J connectivity index is 2.00. The fourth-order valence-electron chi connectivity index (χ4n) is 2.30. The van der Waals surface area contributed by atoms with Crippen LogP contribution >= 0.6 is 15.9 Å². The summed E-state index contributed by atoms with van der Waals surface area (Å²) in [5.74, 6) is 0.658. The van der Waals surface area contributed by atoms with Crippen LogP contribution in [0.3, 0.4) is 0 Å². The Kier molecular flexibility index (Phi) is 5.21. The first-order chi connectivity index (χ1) is 9.17. The molecule has 0 atom stereocenters. The van der Waals surface area contributed by atoms with Crippen LogP contribution in [-0.4, -0.2) is 5.33 Å². The summed E-state index contributed by atoms with van der Waals surface area (Å²) in [6.45, 7) is 4.27. The van der Waals surface area contributed by atoms with Crippen molar-refractivity contribution < 1.29 is 0 Å². The van der Waals surface area contributed by atoms with Gasteiger partial charge >= 0.3 is 0 Å². The van der Waals surface area contributed by atoms with Gasteiger partial charge in [0.15, 0.2) is 0 Å². The van der Waals surface area contributed by atoms with Gasteiger partial charge in [-0.2, -0.15) is 0 Å². The van der Waals surface area contributed by atoms with Crippen molar-refractivity contribution in [3.05, 3.63) is 70.8 Å². The number of rotatable bonds is 5. The van der Waals surface area contributed by atoms with Crippen molar-refractivity contribution in [3.63, 3.8) is 0 Å². The second-order valence-electron chi connectivity index (χ2n) is 5.40. The highest BCUT2D eigenvalue weighted by molar-refractivity contribution is 9.09. The second kappa shape index (κ2) is 6.91. The Morgan fingerprint density at radius 2 is 1.11 bits per heavy atom. The standard InChI is InChI=1S/C18H21Br/c1-14-3-7-16(8-4-14)11-18(13-19)12-17-9-5-15(2)6-10-17/h3-10,18H,11-13H2,1-2H3. The van der Waals surface area contributed by atoms with E-state index in [-0.39, 0.29) is 0 Å². The molecule has 0 bridgehead atoms. The summed E-state index contributed by atoms with van der Waals surface area (Å²) in [5.41, 5.74) is 5.53. The van der Waals surface area contributed by atoms with E-state index in [1.807, 2.05) is 0 Å². The Bertz CT molecular complexity index is 449. The molecule has 0 nitrogen and oxygen atoms in total. The van der Waals surface area contributed by atoms with Gasteiger partial charge in [-0.05, 0) is 43.7 Å². The van der Waals surface area contributed by atoms with Crippen LogP contribution in [-0.2, 0) is 12.8 Å². The zero-order valence-electron chi connectivity index (χ0n) is 11.7. The van der Waals surface area contributed by atoms with Gasteiger partial charge in [-0.15, -0.1) is 0 Å². The molecule has 0 heterocycles. The summed E-state index contributed by atoms with van der Waals surface area (Å²) in [4.78, 5) is 0. The SMILES string of the molecule is Cc1ccc(CC(CBr)Cc2ccc(C)cc2)cc1. The fraction of sp³-hybridized carbons (Fsp3) is 0.333. The molecule has 0 saturated carbocycles. The van der Waals surface area contributed by atoms with E-state index in [9.17, 15) is 0 Å². The first-order valence-electron chi connectivity index (χ1n) is 6.84. The molecular weight excluding hydrogens is 296 g/mol. The lowest BCUT2D eigenvalue weighted by Gasteiger charge is -2.14. The number of halogens is 1. The molecule has 0 aliphatic heterocycles. The first-order valence-corrected chi connectivity index (χ1v) is 7.96. The van der Waals surface area contributed by atoms with E-state index in [0.29, 0.717) is 5.92 Å². The van der Waals surface area contributed by atoms with Gasteiger partial charge in [0.2, 0.25) is 0 Å². The highest BCUT2D eigenvalue weighted by atomic mass is 79.9. The van der Waals surface area contributed by atoms with Crippen LogP contribution < -0.4 is 0 Å². The normalized spacial score (nSPS) is 10.9. The molecule has 0 saturated heterocycles. The van der Waals surface area contributed by atoms with E-state index < -0.39 is 0 Å². The molecule has 0 radical (unpaired) electrons. The molecule has 0 aliphatic carbocycles. The molecule has 0 fully saturated rings.